The summed E-state index contributed by atoms with van der Waals surface area (Å²) in [5.41, 5.74) is 1.79. The van der Waals surface area contributed by atoms with Crippen LogP contribution in [0.1, 0.15) is 18.1 Å². The van der Waals surface area contributed by atoms with Gasteiger partial charge in [-0.1, -0.05) is 36.8 Å². The zero-order valence-corrected chi connectivity index (χ0v) is 9.80. The van der Waals surface area contributed by atoms with Crippen LogP contribution in [0.15, 0.2) is 24.3 Å². The Morgan fingerprint density at radius 2 is 1.88 bits per heavy atom. The number of carbonyl (C=O) groups excluding carboxylic acids is 2. The van der Waals surface area contributed by atoms with Crippen molar-refractivity contribution >= 4 is 11.9 Å². The van der Waals surface area contributed by atoms with E-state index in [0.29, 0.717) is 0 Å². The molecule has 0 aromatic heterocycles. The summed E-state index contributed by atoms with van der Waals surface area (Å²) >= 11 is 0. The third-order valence-corrected chi connectivity index (χ3v) is 2.82. The molecule has 0 saturated carbocycles. The van der Waals surface area contributed by atoms with Crippen molar-refractivity contribution in [3.63, 3.8) is 0 Å². The maximum Gasteiger partial charge on any atom is 0.0455 e. The number of hydrogen-bond donors (Lipinski definition) is 0. The molecule has 1 aromatic rings. The van der Waals surface area contributed by atoms with Crippen molar-refractivity contribution in [2.75, 3.05) is 0 Å². The molecule has 0 bridgehead atoms. The Bertz CT molecular complexity index is 425. The molecular formula is C13H14O4-2. The molecule has 4 heteroatoms. The average Bonchev–Trinajstić information content (AvgIpc) is 2.24. The van der Waals surface area contributed by atoms with Gasteiger partial charge in [-0.15, -0.1) is 0 Å². The van der Waals surface area contributed by atoms with Crippen LogP contribution in [0.3, 0.4) is 0 Å². The van der Waals surface area contributed by atoms with Crippen LogP contribution in [0.4, 0.5) is 0 Å². The van der Waals surface area contributed by atoms with Crippen molar-refractivity contribution in [1.82, 2.24) is 0 Å². The fourth-order valence-electron chi connectivity index (χ4n) is 1.72. The predicted octanol–water partition coefficient (Wildman–Crippen LogP) is -0.710. The van der Waals surface area contributed by atoms with Crippen LogP contribution in [0, 0.1) is 18.8 Å². The second kappa shape index (κ2) is 5.48. The Balaban J connectivity index is 2.88. The summed E-state index contributed by atoms with van der Waals surface area (Å²) in [5.74, 6) is -4.86. The van der Waals surface area contributed by atoms with Crippen LogP contribution in [0.2, 0.25) is 0 Å². The zero-order chi connectivity index (χ0) is 13.0. The molecule has 1 rings (SSSR count). The van der Waals surface area contributed by atoms with E-state index in [0.717, 1.165) is 11.1 Å². The molecular weight excluding hydrogens is 220 g/mol. The molecule has 92 valence electrons. The van der Waals surface area contributed by atoms with E-state index in [2.05, 4.69) is 0 Å². The highest BCUT2D eigenvalue weighted by Gasteiger charge is 2.20. The number of rotatable bonds is 5. The molecule has 0 aliphatic rings. The predicted molar refractivity (Wildman–Crippen MR) is 57.6 cm³/mol. The Morgan fingerprint density at radius 1 is 1.24 bits per heavy atom. The van der Waals surface area contributed by atoms with Crippen molar-refractivity contribution < 1.29 is 19.8 Å². The highest BCUT2D eigenvalue weighted by Crippen LogP contribution is 2.17. The highest BCUT2D eigenvalue weighted by molar-refractivity contribution is 5.77. The first-order valence-electron chi connectivity index (χ1n) is 5.39. The SMILES string of the molecule is Cc1cccc(C[C@@H](C(=O)[O-])[C@@H](C)C(=O)[O-])c1. The van der Waals surface area contributed by atoms with E-state index in [1.54, 1.807) is 12.1 Å². The standard InChI is InChI=1S/C13H16O4/c1-8-4-3-5-10(6-8)7-11(13(16)17)9(2)12(14)15/h3-6,9,11H,7H2,1-2H3,(H,14,15)(H,16,17)/p-2/t9-,11-/m1/s1. The third-order valence-electron chi connectivity index (χ3n) is 2.82. The molecule has 0 aliphatic heterocycles. The van der Waals surface area contributed by atoms with Crippen molar-refractivity contribution in [3.05, 3.63) is 35.4 Å². The molecule has 0 aliphatic carbocycles. The zero-order valence-electron chi connectivity index (χ0n) is 9.80. The van der Waals surface area contributed by atoms with E-state index in [9.17, 15) is 19.8 Å². The minimum Gasteiger partial charge on any atom is -0.550 e. The molecule has 0 N–H and O–H groups in total. The third kappa shape index (κ3) is 3.59. The van der Waals surface area contributed by atoms with Gasteiger partial charge < -0.3 is 19.8 Å². The molecule has 0 fully saturated rings. The van der Waals surface area contributed by atoms with Gasteiger partial charge in [0.05, 0.1) is 0 Å². The van der Waals surface area contributed by atoms with E-state index in [1.807, 2.05) is 19.1 Å². The van der Waals surface area contributed by atoms with E-state index in [-0.39, 0.29) is 6.42 Å². The summed E-state index contributed by atoms with van der Waals surface area (Å²) in [7, 11) is 0. The second-order valence-electron chi connectivity index (χ2n) is 4.23. The maximum absolute atomic E-state index is 10.9. The van der Waals surface area contributed by atoms with Crippen LogP contribution >= 0.6 is 0 Å². The smallest absolute Gasteiger partial charge is 0.0455 e. The van der Waals surface area contributed by atoms with Gasteiger partial charge in [0.15, 0.2) is 0 Å². The molecule has 1 aromatic carbocycles. The number of carbonyl (C=O) groups is 2. The number of aryl methyl sites for hydroxylation is 1. The van der Waals surface area contributed by atoms with Crippen LogP contribution in [0.25, 0.3) is 0 Å². The Labute approximate surface area is 99.9 Å². The van der Waals surface area contributed by atoms with E-state index in [4.69, 9.17) is 0 Å². The minimum absolute atomic E-state index is 0.138. The van der Waals surface area contributed by atoms with Gasteiger partial charge in [-0.2, -0.15) is 0 Å². The number of carboxylic acids is 2. The molecule has 0 spiro atoms. The minimum atomic E-state index is -1.37. The monoisotopic (exact) mass is 234 g/mol. The number of aliphatic carboxylic acids is 2. The fourth-order valence-corrected chi connectivity index (χ4v) is 1.72. The summed E-state index contributed by atoms with van der Waals surface area (Å²) in [6.07, 6.45) is 0.138. The summed E-state index contributed by atoms with van der Waals surface area (Å²) in [6, 6.07) is 7.29. The molecule has 0 saturated heterocycles. The largest absolute Gasteiger partial charge is 0.550 e. The summed E-state index contributed by atoms with van der Waals surface area (Å²) in [5, 5.41) is 21.6. The Kier molecular flexibility index (Phi) is 4.26. The van der Waals surface area contributed by atoms with Crippen molar-refractivity contribution in [2.24, 2.45) is 11.8 Å². The van der Waals surface area contributed by atoms with Gasteiger partial charge in [0.25, 0.3) is 0 Å². The lowest BCUT2D eigenvalue weighted by molar-refractivity contribution is -0.326. The number of benzene rings is 1. The van der Waals surface area contributed by atoms with E-state index in [1.165, 1.54) is 6.92 Å². The van der Waals surface area contributed by atoms with Gasteiger partial charge in [0, 0.05) is 23.8 Å². The molecule has 4 nitrogen and oxygen atoms in total. The quantitative estimate of drug-likeness (QED) is 0.674. The Morgan fingerprint density at radius 3 is 2.35 bits per heavy atom. The van der Waals surface area contributed by atoms with Crippen LogP contribution in [-0.2, 0) is 16.0 Å². The van der Waals surface area contributed by atoms with Gasteiger partial charge in [-0.3, -0.25) is 0 Å². The normalized spacial score (nSPS) is 14.0. The summed E-state index contributed by atoms with van der Waals surface area (Å²) in [6.45, 7) is 3.21. The molecule has 0 amide bonds. The molecule has 17 heavy (non-hydrogen) atoms. The second-order valence-corrected chi connectivity index (χ2v) is 4.23. The first-order valence-corrected chi connectivity index (χ1v) is 5.39. The van der Waals surface area contributed by atoms with E-state index >= 15 is 0 Å². The van der Waals surface area contributed by atoms with Gasteiger partial charge in [-0.25, -0.2) is 0 Å². The van der Waals surface area contributed by atoms with E-state index < -0.39 is 23.8 Å². The number of hydrogen-bond acceptors (Lipinski definition) is 4. The molecule has 2 atom stereocenters. The molecule has 0 heterocycles. The number of carboxylic acid groups (broad SMARTS) is 2. The first kappa shape index (κ1) is 13.2. The highest BCUT2D eigenvalue weighted by atomic mass is 16.4. The average molecular weight is 234 g/mol. The van der Waals surface area contributed by atoms with Gasteiger partial charge in [0.1, 0.15) is 0 Å². The maximum atomic E-state index is 10.9. The van der Waals surface area contributed by atoms with Crippen molar-refractivity contribution in [2.45, 2.75) is 20.3 Å². The summed E-state index contributed by atoms with van der Waals surface area (Å²) in [4.78, 5) is 21.6. The Hall–Kier alpha value is -1.84. The molecule has 0 radical (unpaired) electrons. The summed E-state index contributed by atoms with van der Waals surface area (Å²) < 4.78 is 0. The first-order chi connectivity index (χ1) is 7.91. The van der Waals surface area contributed by atoms with Crippen LogP contribution < -0.4 is 10.2 Å². The van der Waals surface area contributed by atoms with Gasteiger partial charge >= 0.3 is 0 Å². The lowest BCUT2D eigenvalue weighted by Crippen LogP contribution is -2.43. The fraction of sp³-hybridized carbons (Fsp3) is 0.385. The molecule has 0 unspecified atom stereocenters. The van der Waals surface area contributed by atoms with Gasteiger partial charge in [0.2, 0.25) is 0 Å². The van der Waals surface area contributed by atoms with Crippen LogP contribution in [0.5, 0.6) is 0 Å². The van der Waals surface area contributed by atoms with Crippen LogP contribution in [-0.4, -0.2) is 11.9 Å². The lowest BCUT2D eigenvalue weighted by atomic mass is 9.88. The topological polar surface area (TPSA) is 80.3 Å². The lowest BCUT2D eigenvalue weighted by Gasteiger charge is -2.25. The van der Waals surface area contributed by atoms with Crippen molar-refractivity contribution in [3.8, 4) is 0 Å². The van der Waals surface area contributed by atoms with Gasteiger partial charge in [-0.05, 0) is 18.9 Å². The van der Waals surface area contributed by atoms with Crippen molar-refractivity contribution in [1.29, 1.82) is 0 Å².